The SMILES string of the molecule is Cc1ccc(N(C)C2CC2C(=O)O)cc1. The van der Waals surface area contributed by atoms with Crippen LogP contribution in [0.25, 0.3) is 0 Å². The summed E-state index contributed by atoms with van der Waals surface area (Å²) in [6.45, 7) is 2.04. The van der Waals surface area contributed by atoms with Crippen LogP contribution in [0.1, 0.15) is 12.0 Å². The van der Waals surface area contributed by atoms with E-state index in [0.717, 1.165) is 12.1 Å². The number of carboxylic acids is 1. The zero-order valence-electron chi connectivity index (χ0n) is 8.97. The molecule has 0 bridgehead atoms. The van der Waals surface area contributed by atoms with E-state index in [-0.39, 0.29) is 12.0 Å². The minimum atomic E-state index is -0.682. The first-order chi connectivity index (χ1) is 7.09. The van der Waals surface area contributed by atoms with E-state index in [2.05, 4.69) is 4.90 Å². The van der Waals surface area contributed by atoms with Crippen molar-refractivity contribution in [2.45, 2.75) is 19.4 Å². The molecule has 1 N–H and O–H groups in total. The van der Waals surface area contributed by atoms with Gasteiger partial charge in [0.1, 0.15) is 0 Å². The molecule has 1 aliphatic carbocycles. The number of benzene rings is 1. The number of nitrogens with zero attached hydrogens (tertiary/aromatic N) is 1. The average Bonchev–Trinajstić information content (AvgIpc) is 2.97. The molecule has 0 amide bonds. The highest BCUT2D eigenvalue weighted by Gasteiger charge is 2.46. The lowest BCUT2D eigenvalue weighted by atomic mass is 10.2. The van der Waals surface area contributed by atoms with Crippen LogP contribution < -0.4 is 4.90 Å². The van der Waals surface area contributed by atoms with Gasteiger partial charge in [-0.25, -0.2) is 0 Å². The fourth-order valence-electron chi connectivity index (χ4n) is 1.85. The zero-order valence-corrected chi connectivity index (χ0v) is 8.97. The summed E-state index contributed by atoms with van der Waals surface area (Å²) in [4.78, 5) is 12.8. The first-order valence-electron chi connectivity index (χ1n) is 5.12. The standard InChI is InChI=1S/C12H15NO2/c1-8-3-5-9(6-4-8)13(2)11-7-10(11)12(14)15/h3-6,10-11H,7H2,1-2H3,(H,14,15). The summed E-state index contributed by atoms with van der Waals surface area (Å²) >= 11 is 0. The van der Waals surface area contributed by atoms with E-state index in [1.165, 1.54) is 5.56 Å². The summed E-state index contributed by atoms with van der Waals surface area (Å²) < 4.78 is 0. The molecule has 0 radical (unpaired) electrons. The lowest BCUT2D eigenvalue weighted by molar-refractivity contribution is -0.138. The predicted molar refractivity (Wildman–Crippen MR) is 59.1 cm³/mol. The van der Waals surface area contributed by atoms with Crippen LogP contribution in [0.3, 0.4) is 0 Å². The van der Waals surface area contributed by atoms with E-state index in [9.17, 15) is 4.79 Å². The van der Waals surface area contributed by atoms with Crippen molar-refractivity contribution in [1.82, 2.24) is 0 Å². The first kappa shape index (κ1) is 10.0. The molecule has 1 aliphatic rings. The van der Waals surface area contributed by atoms with Crippen molar-refractivity contribution >= 4 is 11.7 Å². The topological polar surface area (TPSA) is 40.5 Å². The number of anilines is 1. The number of aryl methyl sites for hydroxylation is 1. The molecule has 2 unspecified atom stereocenters. The summed E-state index contributed by atoms with van der Waals surface area (Å²) in [6.07, 6.45) is 0.764. The monoisotopic (exact) mass is 205 g/mol. The van der Waals surface area contributed by atoms with Gasteiger partial charge in [-0.15, -0.1) is 0 Å². The minimum Gasteiger partial charge on any atom is -0.481 e. The number of carboxylic acid groups (broad SMARTS) is 1. The van der Waals surface area contributed by atoms with Gasteiger partial charge in [0.05, 0.1) is 5.92 Å². The van der Waals surface area contributed by atoms with Crippen LogP contribution in [0, 0.1) is 12.8 Å². The Balaban J connectivity index is 2.06. The Kier molecular flexibility index (Phi) is 2.39. The van der Waals surface area contributed by atoms with Gasteiger partial charge >= 0.3 is 5.97 Å². The highest BCUT2D eigenvalue weighted by molar-refractivity contribution is 5.76. The summed E-state index contributed by atoms with van der Waals surface area (Å²) in [5, 5.41) is 8.84. The van der Waals surface area contributed by atoms with Crippen LogP contribution in [-0.4, -0.2) is 24.2 Å². The summed E-state index contributed by atoms with van der Waals surface area (Å²) in [5.41, 5.74) is 2.31. The lowest BCUT2D eigenvalue weighted by Crippen LogP contribution is -2.23. The van der Waals surface area contributed by atoms with Gasteiger partial charge in [-0.05, 0) is 25.5 Å². The van der Waals surface area contributed by atoms with Gasteiger partial charge in [0.25, 0.3) is 0 Å². The smallest absolute Gasteiger partial charge is 0.308 e. The Morgan fingerprint density at radius 1 is 1.40 bits per heavy atom. The largest absolute Gasteiger partial charge is 0.481 e. The van der Waals surface area contributed by atoms with Crippen LogP contribution in [0.4, 0.5) is 5.69 Å². The van der Waals surface area contributed by atoms with Crippen molar-refractivity contribution in [3.05, 3.63) is 29.8 Å². The van der Waals surface area contributed by atoms with Crippen LogP contribution in [0.2, 0.25) is 0 Å². The maximum atomic E-state index is 10.7. The number of hydrogen-bond acceptors (Lipinski definition) is 2. The second-order valence-corrected chi connectivity index (χ2v) is 4.19. The quantitative estimate of drug-likeness (QED) is 0.819. The molecule has 80 valence electrons. The van der Waals surface area contributed by atoms with E-state index < -0.39 is 5.97 Å². The van der Waals surface area contributed by atoms with Gasteiger partial charge < -0.3 is 10.0 Å². The Morgan fingerprint density at radius 2 is 2.00 bits per heavy atom. The van der Waals surface area contributed by atoms with Crippen molar-refractivity contribution in [2.75, 3.05) is 11.9 Å². The third-order valence-electron chi connectivity index (χ3n) is 3.01. The fourth-order valence-corrected chi connectivity index (χ4v) is 1.85. The molecule has 0 aromatic heterocycles. The Hall–Kier alpha value is -1.51. The third-order valence-corrected chi connectivity index (χ3v) is 3.01. The van der Waals surface area contributed by atoms with E-state index in [1.54, 1.807) is 0 Å². The van der Waals surface area contributed by atoms with E-state index in [1.807, 2.05) is 38.2 Å². The zero-order chi connectivity index (χ0) is 11.0. The molecule has 0 heterocycles. The Morgan fingerprint density at radius 3 is 2.47 bits per heavy atom. The first-order valence-corrected chi connectivity index (χ1v) is 5.12. The second kappa shape index (κ2) is 3.57. The molecule has 1 saturated carbocycles. The highest BCUT2D eigenvalue weighted by atomic mass is 16.4. The van der Waals surface area contributed by atoms with Crippen molar-refractivity contribution in [2.24, 2.45) is 5.92 Å². The summed E-state index contributed by atoms with van der Waals surface area (Å²) in [6, 6.07) is 8.33. The van der Waals surface area contributed by atoms with Gasteiger partial charge in [-0.3, -0.25) is 4.79 Å². The van der Waals surface area contributed by atoms with Crippen molar-refractivity contribution in [1.29, 1.82) is 0 Å². The summed E-state index contributed by atoms with van der Waals surface area (Å²) in [5.74, 6) is -0.865. The molecule has 1 fully saturated rings. The fraction of sp³-hybridized carbons (Fsp3) is 0.417. The maximum Gasteiger partial charge on any atom is 0.308 e. The maximum absolute atomic E-state index is 10.7. The molecule has 0 spiro atoms. The number of carbonyl (C=O) groups is 1. The van der Waals surface area contributed by atoms with Gasteiger partial charge in [0.15, 0.2) is 0 Å². The van der Waals surface area contributed by atoms with Crippen molar-refractivity contribution in [3.8, 4) is 0 Å². The number of aliphatic carboxylic acids is 1. The molecule has 0 saturated heterocycles. The molecule has 2 rings (SSSR count). The van der Waals surface area contributed by atoms with E-state index >= 15 is 0 Å². The third kappa shape index (κ3) is 1.96. The highest BCUT2D eigenvalue weighted by Crippen LogP contribution is 2.37. The molecule has 2 atom stereocenters. The van der Waals surface area contributed by atoms with Crippen molar-refractivity contribution in [3.63, 3.8) is 0 Å². The number of rotatable bonds is 3. The van der Waals surface area contributed by atoms with Crippen LogP contribution in [-0.2, 0) is 4.79 Å². The van der Waals surface area contributed by atoms with Crippen LogP contribution >= 0.6 is 0 Å². The lowest BCUT2D eigenvalue weighted by Gasteiger charge is -2.19. The molecular weight excluding hydrogens is 190 g/mol. The molecule has 0 aliphatic heterocycles. The van der Waals surface area contributed by atoms with Crippen LogP contribution in [0.15, 0.2) is 24.3 Å². The molecule has 3 heteroatoms. The van der Waals surface area contributed by atoms with E-state index in [0.29, 0.717) is 0 Å². The second-order valence-electron chi connectivity index (χ2n) is 4.19. The molecule has 1 aromatic carbocycles. The number of hydrogen-bond donors (Lipinski definition) is 1. The van der Waals surface area contributed by atoms with Gasteiger partial charge in [0.2, 0.25) is 0 Å². The Bertz CT molecular complexity index is 372. The van der Waals surface area contributed by atoms with E-state index in [4.69, 9.17) is 5.11 Å². The molecular formula is C12H15NO2. The van der Waals surface area contributed by atoms with Gasteiger partial charge in [0, 0.05) is 18.8 Å². The predicted octanol–water partition coefficient (Wildman–Crippen LogP) is 1.90. The molecule has 3 nitrogen and oxygen atoms in total. The van der Waals surface area contributed by atoms with Crippen molar-refractivity contribution < 1.29 is 9.90 Å². The summed E-state index contributed by atoms with van der Waals surface area (Å²) in [7, 11) is 1.96. The average molecular weight is 205 g/mol. The van der Waals surface area contributed by atoms with Crippen LogP contribution in [0.5, 0.6) is 0 Å². The Labute approximate surface area is 89.3 Å². The normalized spacial score (nSPS) is 23.6. The van der Waals surface area contributed by atoms with Gasteiger partial charge in [-0.2, -0.15) is 0 Å². The minimum absolute atomic E-state index is 0.171. The molecule has 1 aromatic rings. The van der Waals surface area contributed by atoms with Gasteiger partial charge in [-0.1, -0.05) is 17.7 Å². The molecule has 15 heavy (non-hydrogen) atoms.